The first-order chi connectivity index (χ1) is 15.0. The van der Waals surface area contributed by atoms with Gasteiger partial charge in [-0.15, -0.1) is 0 Å². The summed E-state index contributed by atoms with van der Waals surface area (Å²) in [5.41, 5.74) is 2.75. The van der Waals surface area contributed by atoms with Gasteiger partial charge in [0.05, 0.1) is 11.9 Å². The van der Waals surface area contributed by atoms with Crippen LogP contribution < -0.4 is 9.62 Å². The van der Waals surface area contributed by atoms with E-state index in [9.17, 15) is 18.0 Å². The summed E-state index contributed by atoms with van der Waals surface area (Å²) >= 11 is 6.19. The molecule has 0 spiro atoms. The first-order valence-electron chi connectivity index (χ1n) is 10.3. The van der Waals surface area contributed by atoms with E-state index in [1.807, 2.05) is 31.2 Å². The molecule has 2 rings (SSSR count). The number of nitrogens with zero attached hydrogens (tertiary/aromatic N) is 2. The highest BCUT2D eigenvalue weighted by Gasteiger charge is 2.30. The van der Waals surface area contributed by atoms with Gasteiger partial charge in [0.15, 0.2) is 0 Å². The van der Waals surface area contributed by atoms with Crippen LogP contribution in [-0.2, 0) is 26.2 Å². The molecule has 2 amide bonds. The van der Waals surface area contributed by atoms with E-state index in [0.29, 0.717) is 22.8 Å². The molecule has 2 aromatic rings. The number of amides is 2. The van der Waals surface area contributed by atoms with Crippen molar-refractivity contribution in [3.63, 3.8) is 0 Å². The molecule has 0 saturated carbocycles. The molecule has 174 valence electrons. The third-order valence-electron chi connectivity index (χ3n) is 5.14. The molecule has 0 aromatic heterocycles. The number of hydrogen-bond acceptors (Lipinski definition) is 4. The lowest BCUT2D eigenvalue weighted by Crippen LogP contribution is -2.51. The van der Waals surface area contributed by atoms with Crippen LogP contribution in [0.4, 0.5) is 5.69 Å². The van der Waals surface area contributed by atoms with Crippen LogP contribution >= 0.6 is 11.6 Å². The zero-order valence-electron chi connectivity index (χ0n) is 19.1. The summed E-state index contributed by atoms with van der Waals surface area (Å²) in [6, 6.07) is 11.7. The second-order valence-corrected chi connectivity index (χ2v) is 10.0. The average molecular weight is 480 g/mol. The van der Waals surface area contributed by atoms with Crippen molar-refractivity contribution in [3.05, 3.63) is 64.2 Å². The summed E-state index contributed by atoms with van der Waals surface area (Å²) in [5, 5.41) is 3.13. The number of rotatable bonds is 9. The number of carbonyl (C=O) groups is 2. The summed E-state index contributed by atoms with van der Waals surface area (Å²) in [6.07, 6.45) is 1.04. The van der Waals surface area contributed by atoms with Crippen LogP contribution in [0.3, 0.4) is 0 Å². The van der Waals surface area contributed by atoms with E-state index in [2.05, 4.69) is 5.32 Å². The van der Waals surface area contributed by atoms with Crippen molar-refractivity contribution in [2.24, 2.45) is 0 Å². The quantitative estimate of drug-likeness (QED) is 0.598. The van der Waals surface area contributed by atoms with Gasteiger partial charge in [-0.1, -0.05) is 47.5 Å². The van der Waals surface area contributed by atoms with Crippen LogP contribution in [-0.4, -0.2) is 50.5 Å². The highest BCUT2D eigenvalue weighted by Crippen LogP contribution is 2.28. The van der Waals surface area contributed by atoms with Crippen LogP contribution in [0.15, 0.2) is 42.5 Å². The fraction of sp³-hybridized carbons (Fsp3) is 0.391. The number of sulfonamides is 1. The van der Waals surface area contributed by atoms with Crippen LogP contribution in [0.25, 0.3) is 0 Å². The first kappa shape index (κ1) is 25.7. The van der Waals surface area contributed by atoms with E-state index in [1.165, 1.54) is 4.90 Å². The average Bonchev–Trinajstić information content (AvgIpc) is 2.71. The summed E-state index contributed by atoms with van der Waals surface area (Å²) in [6.45, 7) is 7.21. The molecule has 0 fully saturated rings. The Hall–Kier alpha value is -2.58. The predicted octanol–water partition coefficient (Wildman–Crippen LogP) is 3.28. The minimum absolute atomic E-state index is 0.172. The summed E-state index contributed by atoms with van der Waals surface area (Å²) in [4.78, 5) is 27.4. The van der Waals surface area contributed by atoms with Crippen molar-refractivity contribution in [2.75, 3.05) is 23.7 Å². The molecule has 0 heterocycles. The highest BCUT2D eigenvalue weighted by molar-refractivity contribution is 7.92. The Morgan fingerprint density at radius 3 is 2.38 bits per heavy atom. The number of nitrogens with one attached hydrogen (secondary N) is 1. The van der Waals surface area contributed by atoms with Crippen molar-refractivity contribution < 1.29 is 18.0 Å². The van der Waals surface area contributed by atoms with E-state index >= 15 is 0 Å². The van der Waals surface area contributed by atoms with Crippen LogP contribution in [0, 0.1) is 13.8 Å². The van der Waals surface area contributed by atoms with Crippen molar-refractivity contribution in [3.8, 4) is 0 Å². The Balaban J connectivity index is 2.43. The Labute approximate surface area is 195 Å². The van der Waals surface area contributed by atoms with E-state index in [0.717, 1.165) is 21.7 Å². The maximum Gasteiger partial charge on any atom is 0.244 e. The van der Waals surface area contributed by atoms with Crippen LogP contribution in [0.5, 0.6) is 0 Å². The van der Waals surface area contributed by atoms with Crippen molar-refractivity contribution in [1.29, 1.82) is 0 Å². The van der Waals surface area contributed by atoms with Gasteiger partial charge >= 0.3 is 0 Å². The lowest BCUT2D eigenvalue weighted by Gasteiger charge is -2.32. The zero-order valence-corrected chi connectivity index (χ0v) is 20.6. The molecule has 7 nitrogen and oxygen atoms in total. The minimum Gasteiger partial charge on any atom is -0.355 e. The molecule has 0 aliphatic heterocycles. The summed E-state index contributed by atoms with van der Waals surface area (Å²) < 4.78 is 26.2. The summed E-state index contributed by atoms with van der Waals surface area (Å²) in [7, 11) is -3.79. The maximum absolute atomic E-state index is 13.4. The number of carbonyl (C=O) groups excluding carboxylic acids is 2. The van der Waals surface area contributed by atoms with Gasteiger partial charge in [-0.25, -0.2) is 8.42 Å². The fourth-order valence-electron chi connectivity index (χ4n) is 3.37. The molecule has 1 atom stereocenters. The third-order valence-corrected chi connectivity index (χ3v) is 6.68. The van der Waals surface area contributed by atoms with Gasteiger partial charge in [0.2, 0.25) is 21.8 Å². The molecule has 32 heavy (non-hydrogen) atoms. The van der Waals surface area contributed by atoms with E-state index in [4.69, 9.17) is 11.6 Å². The fourth-order valence-corrected chi connectivity index (χ4v) is 4.44. The Morgan fingerprint density at radius 1 is 1.12 bits per heavy atom. The number of hydrogen-bond donors (Lipinski definition) is 1. The van der Waals surface area contributed by atoms with E-state index in [1.54, 1.807) is 39.0 Å². The molecule has 0 aliphatic carbocycles. The number of aryl methyl sites for hydroxylation is 1. The zero-order chi connectivity index (χ0) is 24.1. The molecule has 2 aromatic carbocycles. The third kappa shape index (κ3) is 6.46. The largest absolute Gasteiger partial charge is 0.355 e. The molecule has 1 N–H and O–H groups in total. The highest BCUT2D eigenvalue weighted by atomic mass is 35.5. The lowest BCUT2D eigenvalue weighted by molar-refractivity contribution is -0.139. The minimum atomic E-state index is -3.79. The topological polar surface area (TPSA) is 86.8 Å². The normalized spacial score (nSPS) is 12.2. The van der Waals surface area contributed by atoms with E-state index < -0.39 is 28.5 Å². The second-order valence-electron chi connectivity index (χ2n) is 7.73. The van der Waals surface area contributed by atoms with E-state index in [-0.39, 0.29) is 12.5 Å². The molecule has 0 bridgehead atoms. The molecule has 0 radical (unpaired) electrons. The lowest BCUT2D eigenvalue weighted by atomic mass is 10.1. The molecule has 0 unspecified atom stereocenters. The Kier molecular flexibility index (Phi) is 8.69. The van der Waals surface area contributed by atoms with Crippen LogP contribution in [0.2, 0.25) is 5.02 Å². The second kappa shape index (κ2) is 10.8. The van der Waals surface area contributed by atoms with Gasteiger partial charge in [-0.3, -0.25) is 13.9 Å². The Bertz CT molecular complexity index is 1090. The summed E-state index contributed by atoms with van der Waals surface area (Å²) in [5.74, 6) is -0.798. The number of anilines is 1. The Morgan fingerprint density at radius 2 is 1.78 bits per heavy atom. The molecular formula is C23H30ClN3O4S. The van der Waals surface area contributed by atoms with Gasteiger partial charge in [0.1, 0.15) is 12.6 Å². The monoisotopic (exact) mass is 479 g/mol. The van der Waals surface area contributed by atoms with Gasteiger partial charge in [-0.05, 0) is 51.0 Å². The maximum atomic E-state index is 13.4. The number of likely N-dealkylation sites (N-methyl/N-ethyl adjacent to an activating group) is 1. The standard InChI is InChI=1S/C23H30ClN3O4S/c1-6-25-23(29)18(4)26(14-19-10-7-9-16(2)13-19)22(28)15-27(32(5,30)31)21-12-8-11-20(24)17(21)3/h7-13,18H,6,14-15H2,1-5H3,(H,25,29)/t18-/m1/s1. The predicted molar refractivity (Wildman–Crippen MR) is 128 cm³/mol. The van der Waals surface area contributed by atoms with Crippen molar-refractivity contribution in [1.82, 2.24) is 10.2 Å². The molecular weight excluding hydrogens is 450 g/mol. The van der Waals surface area contributed by atoms with Crippen molar-refractivity contribution in [2.45, 2.75) is 40.3 Å². The molecule has 0 aliphatic rings. The van der Waals surface area contributed by atoms with Gasteiger partial charge in [-0.2, -0.15) is 0 Å². The van der Waals surface area contributed by atoms with Gasteiger partial charge in [0, 0.05) is 18.1 Å². The van der Waals surface area contributed by atoms with Gasteiger partial charge < -0.3 is 10.2 Å². The van der Waals surface area contributed by atoms with Crippen LogP contribution in [0.1, 0.15) is 30.5 Å². The SMILES string of the molecule is CCNC(=O)[C@@H](C)N(Cc1cccc(C)c1)C(=O)CN(c1cccc(Cl)c1C)S(C)(=O)=O. The first-order valence-corrected chi connectivity index (χ1v) is 12.5. The molecule has 0 saturated heterocycles. The van der Waals surface area contributed by atoms with Gasteiger partial charge in [0.25, 0.3) is 0 Å². The number of benzene rings is 2. The number of halogens is 1. The van der Waals surface area contributed by atoms with Crippen molar-refractivity contribution >= 4 is 39.1 Å². The smallest absolute Gasteiger partial charge is 0.244 e. The molecule has 9 heteroatoms.